The van der Waals surface area contributed by atoms with E-state index in [9.17, 15) is 0 Å². The molecular formula is C7H19ClN2. The summed E-state index contributed by atoms with van der Waals surface area (Å²) in [6, 6.07) is 0. The summed E-state index contributed by atoms with van der Waals surface area (Å²) in [4.78, 5) is 0. The smallest absolute Gasteiger partial charge is 0.0313 e. The van der Waals surface area contributed by atoms with Gasteiger partial charge in [0.1, 0.15) is 0 Å². The molecule has 10 heavy (non-hydrogen) atoms. The van der Waals surface area contributed by atoms with Gasteiger partial charge in [0, 0.05) is 5.54 Å². The molecule has 3 heteroatoms. The first-order valence-electron chi connectivity index (χ1n) is 3.72. The molecule has 0 heterocycles. The number of nitrogens with one attached hydrogen (secondary N) is 1. The van der Waals surface area contributed by atoms with Gasteiger partial charge in [0.05, 0.1) is 0 Å². The largest absolute Gasteiger partial charge is 0.271 e. The van der Waals surface area contributed by atoms with Gasteiger partial charge in [0.25, 0.3) is 0 Å². The predicted molar refractivity (Wildman–Crippen MR) is 48.2 cm³/mol. The molecule has 0 unspecified atom stereocenters. The Morgan fingerprint density at radius 2 is 1.40 bits per heavy atom. The van der Waals surface area contributed by atoms with Gasteiger partial charge < -0.3 is 0 Å². The topological polar surface area (TPSA) is 38.0 Å². The quantitative estimate of drug-likeness (QED) is 0.494. The van der Waals surface area contributed by atoms with Gasteiger partial charge in [0.15, 0.2) is 0 Å². The van der Waals surface area contributed by atoms with Gasteiger partial charge in [0.2, 0.25) is 0 Å². The van der Waals surface area contributed by atoms with Crippen molar-refractivity contribution >= 4 is 12.4 Å². The second-order valence-electron chi connectivity index (χ2n) is 2.49. The maximum atomic E-state index is 5.39. The van der Waals surface area contributed by atoms with Crippen molar-refractivity contribution in [2.75, 3.05) is 0 Å². The fraction of sp³-hybridized carbons (Fsp3) is 1.00. The molecule has 0 spiro atoms. The summed E-state index contributed by atoms with van der Waals surface area (Å²) >= 11 is 0. The predicted octanol–water partition coefficient (Wildman–Crippen LogP) is 1.84. The Hall–Kier alpha value is 0.210. The second kappa shape index (κ2) is 5.96. The molecule has 0 bridgehead atoms. The third kappa shape index (κ3) is 2.86. The van der Waals surface area contributed by atoms with Crippen molar-refractivity contribution in [1.29, 1.82) is 0 Å². The zero-order valence-corrected chi connectivity index (χ0v) is 7.92. The number of hydrogen-bond donors (Lipinski definition) is 2. The summed E-state index contributed by atoms with van der Waals surface area (Å²) in [7, 11) is 0. The van der Waals surface area contributed by atoms with Gasteiger partial charge in [-0.05, 0) is 19.3 Å². The lowest BCUT2D eigenvalue weighted by molar-refractivity contribution is 0.295. The first-order valence-corrected chi connectivity index (χ1v) is 3.72. The van der Waals surface area contributed by atoms with E-state index in [-0.39, 0.29) is 17.9 Å². The van der Waals surface area contributed by atoms with Gasteiger partial charge in [-0.2, -0.15) is 0 Å². The van der Waals surface area contributed by atoms with Gasteiger partial charge in [-0.25, -0.2) is 0 Å². The van der Waals surface area contributed by atoms with Crippen molar-refractivity contribution in [2.24, 2.45) is 5.84 Å². The number of rotatable bonds is 4. The zero-order chi connectivity index (χ0) is 7.33. The number of nitrogens with two attached hydrogens (primary N) is 1. The summed E-state index contributed by atoms with van der Waals surface area (Å²) < 4.78 is 0. The minimum Gasteiger partial charge on any atom is -0.271 e. The van der Waals surface area contributed by atoms with E-state index >= 15 is 0 Å². The maximum absolute atomic E-state index is 5.39. The van der Waals surface area contributed by atoms with Crippen LogP contribution in [0, 0.1) is 0 Å². The van der Waals surface area contributed by atoms with Crippen molar-refractivity contribution in [1.82, 2.24) is 5.43 Å². The molecule has 0 aliphatic heterocycles. The first kappa shape index (κ1) is 12.8. The first-order chi connectivity index (χ1) is 4.24. The van der Waals surface area contributed by atoms with Crippen LogP contribution in [0.2, 0.25) is 0 Å². The lowest BCUT2D eigenvalue weighted by atomic mass is 9.91. The molecule has 0 fully saturated rings. The van der Waals surface area contributed by atoms with Gasteiger partial charge in [-0.3, -0.25) is 11.3 Å². The van der Waals surface area contributed by atoms with Crippen LogP contribution in [0.4, 0.5) is 0 Å². The van der Waals surface area contributed by atoms with Crippen LogP contribution >= 0.6 is 12.4 Å². The highest BCUT2D eigenvalue weighted by molar-refractivity contribution is 5.85. The monoisotopic (exact) mass is 166 g/mol. The van der Waals surface area contributed by atoms with E-state index < -0.39 is 0 Å². The van der Waals surface area contributed by atoms with E-state index in [0.717, 1.165) is 19.3 Å². The lowest BCUT2D eigenvalue weighted by Gasteiger charge is -2.29. The molecule has 0 aliphatic rings. The van der Waals surface area contributed by atoms with E-state index in [2.05, 4.69) is 26.2 Å². The van der Waals surface area contributed by atoms with Gasteiger partial charge in [-0.15, -0.1) is 12.4 Å². The molecule has 0 aromatic heterocycles. The van der Waals surface area contributed by atoms with Crippen molar-refractivity contribution in [3.05, 3.63) is 0 Å². The maximum Gasteiger partial charge on any atom is 0.0313 e. The van der Waals surface area contributed by atoms with Crippen molar-refractivity contribution < 1.29 is 0 Å². The fourth-order valence-corrected chi connectivity index (χ4v) is 1.06. The molecule has 0 rings (SSSR count). The summed E-state index contributed by atoms with van der Waals surface area (Å²) in [6.07, 6.45) is 3.32. The van der Waals surface area contributed by atoms with Crippen LogP contribution in [0.5, 0.6) is 0 Å². The minimum atomic E-state index is 0. The Morgan fingerprint density at radius 1 is 1.10 bits per heavy atom. The molecule has 0 saturated heterocycles. The molecule has 0 aromatic carbocycles. The Balaban J connectivity index is 0. The van der Waals surface area contributed by atoms with E-state index in [1.54, 1.807) is 0 Å². The SMILES string of the molecule is CCC(CC)(CC)NN.Cl. The van der Waals surface area contributed by atoms with Crippen LogP contribution in [-0.2, 0) is 0 Å². The van der Waals surface area contributed by atoms with Crippen molar-refractivity contribution in [2.45, 2.75) is 45.6 Å². The molecule has 0 amide bonds. The molecule has 2 nitrogen and oxygen atoms in total. The van der Waals surface area contributed by atoms with Crippen LogP contribution in [0.15, 0.2) is 0 Å². The Bertz CT molecular complexity index is 54.5. The van der Waals surface area contributed by atoms with Crippen LogP contribution in [0.25, 0.3) is 0 Å². The Morgan fingerprint density at radius 3 is 1.40 bits per heavy atom. The van der Waals surface area contributed by atoms with E-state index in [1.165, 1.54) is 0 Å². The van der Waals surface area contributed by atoms with E-state index in [1.807, 2.05) is 0 Å². The standard InChI is InChI=1S/C7H18N2.ClH/c1-4-7(5-2,6-3)9-8;/h9H,4-6,8H2,1-3H3;1H. The van der Waals surface area contributed by atoms with E-state index in [0.29, 0.717) is 0 Å². The average Bonchev–Trinajstić information content (AvgIpc) is 1.95. The highest BCUT2D eigenvalue weighted by atomic mass is 35.5. The number of hydrazine groups is 1. The number of hydrogen-bond acceptors (Lipinski definition) is 2. The molecule has 3 N–H and O–H groups in total. The molecule has 0 aromatic rings. The Labute approximate surface area is 69.9 Å². The lowest BCUT2D eigenvalue weighted by Crippen LogP contribution is -2.47. The highest BCUT2D eigenvalue weighted by Crippen LogP contribution is 2.16. The Kier molecular flexibility index (Phi) is 7.65. The summed E-state index contributed by atoms with van der Waals surface area (Å²) in [6.45, 7) is 6.48. The van der Waals surface area contributed by atoms with Gasteiger partial charge in [-0.1, -0.05) is 20.8 Å². The minimum absolute atomic E-state index is 0. The third-order valence-electron chi connectivity index (χ3n) is 2.34. The zero-order valence-electron chi connectivity index (χ0n) is 7.11. The normalized spacial score (nSPS) is 10.8. The molecule has 64 valence electrons. The molecule has 0 saturated carbocycles. The molecule has 0 atom stereocenters. The van der Waals surface area contributed by atoms with Crippen LogP contribution in [-0.4, -0.2) is 5.54 Å². The van der Waals surface area contributed by atoms with Crippen LogP contribution in [0.1, 0.15) is 40.0 Å². The second-order valence-corrected chi connectivity index (χ2v) is 2.49. The van der Waals surface area contributed by atoms with Crippen molar-refractivity contribution in [3.63, 3.8) is 0 Å². The van der Waals surface area contributed by atoms with Crippen LogP contribution < -0.4 is 11.3 Å². The molecular weight excluding hydrogens is 148 g/mol. The third-order valence-corrected chi connectivity index (χ3v) is 2.34. The van der Waals surface area contributed by atoms with Crippen LogP contribution in [0.3, 0.4) is 0 Å². The summed E-state index contributed by atoms with van der Waals surface area (Å²) in [5.74, 6) is 5.39. The van der Waals surface area contributed by atoms with Crippen molar-refractivity contribution in [3.8, 4) is 0 Å². The highest BCUT2D eigenvalue weighted by Gasteiger charge is 2.20. The summed E-state index contributed by atoms with van der Waals surface area (Å²) in [5, 5.41) is 0. The fourth-order valence-electron chi connectivity index (χ4n) is 1.06. The molecule has 0 radical (unpaired) electrons. The molecule has 0 aliphatic carbocycles. The average molecular weight is 167 g/mol. The van der Waals surface area contributed by atoms with Gasteiger partial charge >= 0.3 is 0 Å². The summed E-state index contributed by atoms with van der Waals surface area (Å²) in [5.41, 5.74) is 3.06. The number of halogens is 1. The van der Waals surface area contributed by atoms with E-state index in [4.69, 9.17) is 5.84 Å².